The number of aromatic nitrogens is 6. The van der Waals surface area contributed by atoms with Gasteiger partial charge in [0.25, 0.3) is 5.89 Å². The topological polar surface area (TPSA) is 93.4 Å². The Hall–Kier alpha value is -4.62. The minimum Gasteiger partial charge on any atom is -0.433 e. The van der Waals surface area contributed by atoms with Crippen molar-refractivity contribution in [2.24, 2.45) is 0 Å². The van der Waals surface area contributed by atoms with E-state index in [1.807, 2.05) is 66.7 Å². The van der Waals surface area contributed by atoms with Crippen LogP contribution in [-0.4, -0.2) is 30.6 Å². The molecule has 0 bridgehead atoms. The van der Waals surface area contributed by atoms with Crippen molar-refractivity contribution in [3.63, 3.8) is 0 Å². The van der Waals surface area contributed by atoms with E-state index < -0.39 is 0 Å². The van der Waals surface area contributed by atoms with Gasteiger partial charge in [0.15, 0.2) is 5.58 Å². The van der Waals surface area contributed by atoms with E-state index in [0.29, 0.717) is 22.3 Å². The summed E-state index contributed by atoms with van der Waals surface area (Å²) in [6.45, 7) is 0. The second-order valence-corrected chi connectivity index (χ2v) is 8.34. The van der Waals surface area contributed by atoms with Gasteiger partial charge in [-0.1, -0.05) is 66.2 Å². The molecule has 3 aromatic carbocycles. The number of hydrogen-bond acceptors (Lipinski definition) is 6. The van der Waals surface area contributed by atoms with Gasteiger partial charge < -0.3 is 4.42 Å². The lowest BCUT2D eigenvalue weighted by molar-refractivity contribution is 0.613. The van der Waals surface area contributed by atoms with Gasteiger partial charge in [-0.2, -0.15) is 0 Å². The summed E-state index contributed by atoms with van der Waals surface area (Å²) in [6, 6.07) is 23.9. The summed E-state index contributed by atoms with van der Waals surface area (Å²) >= 11 is 6.11. The van der Waals surface area contributed by atoms with Crippen LogP contribution in [0.3, 0.4) is 0 Å². The van der Waals surface area contributed by atoms with Crippen LogP contribution >= 0.6 is 11.6 Å². The Labute approximate surface area is 204 Å². The van der Waals surface area contributed by atoms with Gasteiger partial charge in [0.2, 0.25) is 5.82 Å². The molecule has 0 unspecified atom stereocenters. The van der Waals surface area contributed by atoms with Crippen LogP contribution in [0.15, 0.2) is 77.2 Å². The van der Waals surface area contributed by atoms with Gasteiger partial charge in [0, 0.05) is 10.4 Å². The van der Waals surface area contributed by atoms with Crippen molar-refractivity contribution in [3.05, 3.63) is 100 Å². The molecule has 8 heteroatoms. The van der Waals surface area contributed by atoms with E-state index in [0.717, 1.165) is 38.8 Å². The van der Waals surface area contributed by atoms with Crippen LogP contribution in [0.4, 0.5) is 0 Å². The molecule has 3 heterocycles. The first kappa shape index (κ1) is 20.9. The Morgan fingerprint density at radius 2 is 1.54 bits per heavy atom. The van der Waals surface area contributed by atoms with Gasteiger partial charge in [-0.25, -0.2) is 15.1 Å². The summed E-state index contributed by atoms with van der Waals surface area (Å²) in [6.07, 6.45) is 8.15. The highest BCUT2D eigenvalue weighted by atomic mass is 35.5. The van der Waals surface area contributed by atoms with E-state index >= 15 is 0 Å². The van der Waals surface area contributed by atoms with Crippen molar-refractivity contribution in [2.75, 3.05) is 0 Å². The molecule has 0 spiro atoms. The van der Waals surface area contributed by atoms with Crippen molar-refractivity contribution < 1.29 is 4.42 Å². The first-order valence-corrected chi connectivity index (χ1v) is 11.2. The lowest BCUT2D eigenvalue weighted by Gasteiger charge is -2.01. The van der Waals surface area contributed by atoms with Crippen LogP contribution < -0.4 is 0 Å². The zero-order valence-electron chi connectivity index (χ0n) is 18.3. The Morgan fingerprint density at radius 1 is 0.743 bits per heavy atom. The number of fused-ring (bicyclic) bond motifs is 2. The molecule has 3 aromatic heterocycles. The van der Waals surface area contributed by atoms with Crippen molar-refractivity contribution in [1.29, 1.82) is 0 Å². The largest absolute Gasteiger partial charge is 0.433 e. The first-order valence-electron chi connectivity index (χ1n) is 10.9. The lowest BCUT2D eigenvalue weighted by Crippen LogP contribution is -1.83. The van der Waals surface area contributed by atoms with Crippen LogP contribution in [-0.2, 0) is 0 Å². The average Bonchev–Trinajstić information content (AvgIpc) is 3.56. The lowest BCUT2D eigenvalue weighted by atomic mass is 10.1. The molecular formula is C27H17ClN6O. The molecule has 7 nitrogen and oxygen atoms in total. The number of H-pyrrole nitrogens is 1. The molecule has 6 rings (SSSR count). The summed E-state index contributed by atoms with van der Waals surface area (Å²) < 4.78 is 5.79. The van der Waals surface area contributed by atoms with E-state index in [9.17, 15) is 0 Å². The fraction of sp³-hybridized carbons (Fsp3) is 0. The van der Waals surface area contributed by atoms with E-state index in [1.165, 1.54) is 0 Å². The fourth-order valence-corrected chi connectivity index (χ4v) is 3.90. The molecule has 0 fully saturated rings. The summed E-state index contributed by atoms with van der Waals surface area (Å²) in [5, 5.41) is 15.4. The summed E-state index contributed by atoms with van der Waals surface area (Å²) in [7, 11) is 0. The molecule has 168 valence electrons. The number of benzene rings is 3. The molecule has 0 atom stereocenters. The summed E-state index contributed by atoms with van der Waals surface area (Å²) in [5.74, 6) is 0.750. The van der Waals surface area contributed by atoms with E-state index in [1.54, 1.807) is 0 Å². The minimum absolute atomic E-state index is 0.356. The minimum atomic E-state index is 0.356. The monoisotopic (exact) mass is 476 g/mol. The predicted molar refractivity (Wildman–Crippen MR) is 138 cm³/mol. The maximum atomic E-state index is 6.11. The zero-order valence-corrected chi connectivity index (χ0v) is 19.0. The number of pyridine rings is 1. The average molecular weight is 477 g/mol. The molecule has 0 amide bonds. The molecule has 0 aliphatic carbocycles. The molecule has 35 heavy (non-hydrogen) atoms. The molecule has 6 aromatic rings. The van der Waals surface area contributed by atoms with E-state index in [2.05, 4.69) is 60.9 Å². The summed E-state index contributed by atoms with van der Waals surface area (Å²) in [4.78, 5) is 9.09. The molecule has 1 N–H and O–H groups in total. The SMILES string of the molecule is Clc1ccc2ccc(C=Cc3cccc(C=Cc4ccc5nc(-c6nnn[nH]6)oc5c4)c3)nc2c1. The van der Waals surface area contributed by atoms with Gasteiger partial charge in [-0.05, 0) is 69.6 Å². The van der Waals surface area contributed by atoms with Gasteiger partial charge in [-0.3, -0.25) is 0 Å². The van der Waals surface area contributed by atoms with Crippen molar-refractivity contribution in [1.82, 2.24) is 30.6 Å². The fourth-order valence-electron chi connectivity index (χ4n) is 3.74. The summed E-state index contributed by atoms with van der Waals surface area (Å²) in [5.41, 5.74) is 6.32. The maximum absolute atomic E-state index is 6.11. The van der Waals surface area contributed by atoms with Crippen LogP contribution in [0.1, 0.15) is 22.4 Å². The van der Waals surface area contributed by atoms with Gasteiger partial charge in [0.05, 0.1) is 11.2 Å². The third kappa shape index (κ3) is 4.58. The molecule has 0 saturated carbocycles. The number of aromatic amines is 1. The second-order valence-electron chi connectivity index (χ2n) is 7.91. The Kier molecular flexibility index (Phi) is 5.37. The quantitative estimate of drug-likeness (QED) is 0.283. The van der Waals surface area contributed by atoms with Crippen LogP contribution in [0.25, 0.3) is 58.0 Å². The number of nitrogens with zero attached hydrogens (tertiary/aromatic N) is 5. The highest BCUT2D eigenvalue weighted by molar-refractivity contribution is 6.31. The number of oxazole rings is 1. The Morgan fingerprint density at radius 3 is 2.37 bits per heavy atom. The maximum Gasteiger partial charge on any atom is 0.267 e. The molecule has 0 saturated heterocycles. The van der Waals surface area contributed by atoms with Crippen molar-refractivity contribution in [2.45, 2.75) is 0 Å². The highest BCUT2D eigenvalue weighted by Crippen LogP contribution is 2.23. The van der Waals surface area contributed by atoms with Crippen LogP contribution in [0.2, 0.25) is 5.02 Å². The molecule has 0 aliphatic rings. The highest BCUT2D eigenvalue weighted by Gasteiger charge is 2.11. The van der Waals surface area contributed by atoms with Crippen LogP contribution in [0, 0.1) is 0 Å². The third-order valence-electron chi connectivity index (χ3n) is 5.46. The predicted octanol–water partition coefficient (Wildman–Crippen LogP) is 6.55. The first-order chi connectivity index (χ1) is 17.2. The Bertz CT molecular complexity index is 1720. The van der Waals surface area contributed by atoms with Gasteiger partial charge in [0.1, 0.15) is 5.52 Å². The molecule has 0 aliphatic heterocycles. The van der Waals surface area contributed by atoms with Crippen molar-refractivity contribution >= 4 is 57.9 Å². The van der Waals surface area contributed by atoms with Crippen LogP contribution in [0.5, 0.6) is 0 Å². The number of halogens is 1. The van der Waals surface area contributed by atoms with Crippen molar-refractivity contribution in [3.8, 4) is 11.7 Å². The normalized spacial score (nSPS) is 11.9. The molecular weight excluding hydrogens is 460 g/mol. The number of hydrogen-bond donors (Lipinski definition) is 1. The van der Waals surface area contributed by atoms with E-state index in [-0.39, 0.29) is 0 Å². The smallest absolute Gasteiger partial charge is 0.267 e. The Balaban J connectivity index is 1.21. The van der Waals surface area contributed by atoms with Gasteiger partial charge >= 0.3 is 0 Å². The van der Waals surface area contributed by atoms with Gasteiger partial charge in [-0.15, -0.1) is 5.10 Å². The number of rotatable bonds is 5. The molecule has 0 radical (unpaired) electrons. The standard InChI is InChI=1S/C27H17ClN6O/c28-21-10-8-20-9-12-22(29-24(20)16-21)11-6-18-3-1-2-17(14-18)4-5-19-7-13-23-25(15-19)35-27(30-23)26-31-33-34-32-26/h1-16H,(H,31,32,33,34). The number of tetrazole rings is 1. The zero-order chi connectivity index (χ0) is 23.6. The second kappa shape index (κ2) is 8.96. The number of nitrogens with one attached hydrogen (secondary N) is 1. The third-order valence-corrected chi connectivity index (χ3v) is 5.70. The van der Waals surface area contributed by atoms with E-state index in [4.69, 9.17) is 16.0 Å².